The second kappa shape index (κ2) is 14.3. The number of anilines is 3. The zero-order chi connectivity index (χ0) is 40.3. The fourth-order valence-corrected chi connectivity index (χ4v) is 11.1. The van der Waals surface area contributed by atoms with Gasteiger partial charge in [0.2, 0.25) is 0 Å². The number of hydrogen-bond acceptors (Lipinski definition) is 2. The van der Waals surface area contributed by atoms with Gasteiger partial charge in [0.25, 0.3) is 0 Å². The molecule has 0 amide bonds. The highest BCUT2D eigenvalue weighted by atomic mass is 32.1. The molecule has 1 aromatic heterocycles. The SMILES string of the molecule is c1ccc(C2(c3ccccc3)c3ccccc3-c3ccc(-c4ccc(N(c5cccc(-c6ccc7ccccc7c6)c5)c5ccc6c(c5)sc5ccccc56)cc4)cc32)cc1. The average Bonchev–Trinajstić information content (AvgIpc) is 3.85. The van der Waals surface area contributed by atoms with E-state index in [2.05, 4.69) is 241 Å². The number of hydrogen-bond donors (Lipinski definition) is 0. The van der Waals surface area contributed by atoms with Gasteiger partial charge in [-0.2, -0.15) is 0 Å². The van der Waals surface area contributed by atoms with Crippen LogP contribution in [0.5, 0.6) is 0 Å². The van der Waals surface area contributed by atoms with Crippen LogP contribution >= 0.6 is 11.3 Å². The molecule has 286 valence electrons. The monoisotopic (exact) mass is 793 g/mol. The summed E-state index contributed by atoms with van der Waals surface area (Å²) in [5, 5.41) is 5.10. The van der Waals surface area contributed by atoms with Gasteiger partial charge in [-0.25, -0.2) is 0 Å². The van der Waals surface area contributed by atoms with E-state index in [9.17, 15) is 0 Å². The summed E-state index contributed by atoms with van der Waals surface area (Å²) in [6.45, 7) is 0. The zero-order valence-corrected chi connectivity index (χ0v) is 34.2. The van der Waals surface area contributed by atoms with Crippen LogP contribution in [0.15, 0.2) is 237 Å². The molecule has 0 bridgehead atoms. The van der Waals surface area contributed by atoms with Crippen molar-refractivity contribution in [2.45, 2.75) is 5.41 Å². The predicted molar refractivity (Wildman–Crippen MR) is 260 cm³/mol. The minimum atomic E-state index is -0.442. The van der Waals surface area contributed by atoms with E-state index in [4.69, 9.17) is 0 Å². The summed E-state index contributed by atoms with van der Waals surface area (Å²) in [5.41, 5.74) is 15.5. The highest BCUT2D eigenvalue weighted by Crippen LogP contribution is 2.56. The maximum Gasteiger partial charge on any atom is 0.0713 e. The van der Waals surface area contributed by atoms with E-state index in [0.717, 1.165) is 17.1 Å². The van der Waals surface area contributed by atoms with Crippen LogP contribution in [0.25, 0.3) is 64.3 Å². The van der Waals surface area contributed by atoms with Crippen molar-refractivity contribution in [3.05, 3.63) is 259 Å². The Balaban J connectivity index is 0.992. The summed E-state index contributed by atoms with van der Waals surface area (Å²) in [6, 6.07) is 87.3. The first-order chi connectivity index (χ1) is 30.2. The Labute approximate surface area is 360 Å². The Bertz CT molecular complexity index is 3380. The molecule has 61 heavy (non-hydrogen) atoms. The highest BCUT2D eigenvalue weighted by Gasteiger charge is 2.46. The van der Waals surface area contributed by atoms with Crippen molar-refractivity contribution in [3.8, 4) is 33.4 Å². The first kappa shape index (κ1) is 35.4. The van der Waals surface area contributed by atoms with Gasteiger partial charge in [0.05, 0.1) is 5.41 Å². The molecular formula is C59H39NS. The smallest absolute Gasteiger partial charge is 0.0713 e. The van der Waals surface area contributed by atoms with Crippen molar-refractivity contribution >= 4 is 59.3 Å². The quantitative estimate of drug-likeness (QED) is 0.155. The number of thiophene rings is 1. The molecule has 2 heteroatoms. The standard InChI is InChI=1S/C59H39NS/c1-3-17-46(18-4-1)59(47-19-5-2-6-20-47)55-24-11-9-22-51(55)52-34-30-45(38-56(52)59)41-28-31-48(32-29-41)60(50-33-35-54-53-23-10-12-25-57(53)61-58(54)39-50)49-21-13-16-43(37-49)44-27-26-40-14-7-8-15-42(40)36-44/h1-39H. The lowest BCUT2D eigenvalue weighted by molar-refractivity contribution is 0.769. The van der Waals surface area contributed by atoms with E-state index in [0.29, 0.717) is 0 Å². The van der Waals surface area contributed by atoms with Gasteiger partial charge in [-0.3, -0.25) is 0 Å². The van der Waals surface area contributed by atoms with Gasteiger partial charge in [-0.15, -0.1) is 11.3 Å². The minimum Gasteiger partial charge on any atom is -0.310 e. The van der Waals surface area contributed by atoms with E-state index in [-0.39, 0.29) is 0 Å². The van der Waals surface area contributed by atoms with Crippen molar-refractivity contribution in [1.29, 1.82) is 0 Å². The van der Waals surface area contributed by atoms with Gasteiger partial charge >= 0.3 is 0 Å². The van der Waals surface area contributed by atoms with Gasteiger partial charge in [0.1, 0.15) is 0 Å². The summed E-state index contributed by atoms with van der Waals surface area (Å²) in [4.78, 5) is 2.41. The molecule has 0 unspecified atom stereocenters. The van der Waals surface area contributed by atoms with Crippen LogP contribution in [0.1, 0.15) is 22.3 Å². The van der Waals surface area contributed by atoms with Crippen molar-refractivity contribution in [3.63, 3.8) is 0 Å². The molecule has 0 radical (unpaired) electrons. The molecule has 0 aliphatic heterocycles. The maximum absolute atomic E-state index is 2.45. The Morgan fingerprint density at radius 2 is 0.902 bits per heavy atom. The van der Waals surface area contributed by atoms with Crippen LogP contribution in [-0.4, -0.2) is 0 Å². The van der Waals surface area contributed by atoms with Crippen molar-refractivity contribution in [1.82, 2.24) is 0 Å². The summed E-state index contributed by atoms with van der Waals surface area (Å²) >= 11 is 1.86. The summed E-state index contributed by atoms with van der Waals surface area (Å²) < 4.78 is 2.59. The molecule has 0 fully saturated rings. The van der Waals surface area contributed by atoms with Crippen LogP contribution < -0.4 is 4.90 Å². The van der Waals surface area contributed by atoms with Crippen LogP contribution in [0.2, 0.25) is 0 Å². The Morgan fingerprint density at radius 3 is 1.72 bits per heavy atom. The van der Waals surface area contributed by atoms with E-state index in [1.165, 1.54) is 86.6 Å². The second-order valence-electron chi connectivity index (χ2n) is 16.1. The summed E-state index contributed by atoms with van der Waals surface area (Å²) in [5.74, 6) is 0. The first-order valence-corrected chi connectivity index (χ1v) is 21.8. The van der Waals surface area contributed by atoms with Gasteiger partial charge in [0, 0.05) is 37.2 Å². The number of fused-ring (bicyclic) bond motifs is 7. The highest BCUT2D eigenvalue weighted by molar-refractivity contribution is 7.25. The Kier molecular flexibility index (Phi) is 8.33. The molecule has 1 nitrogen and oxygen atoms in total. The summed E-state index contributed by atoms with van der Waals surface area (Å²) in [6.07, 6.45) is 0. The van der Waals surface area contributed by atoms with E-state index in [1.807, 2.05) is 11.3 Å². The van der Waals surface area contributed by atoms with E-state index < -0.39 is 5.41 Å². The van der Waals surface area contributed by atoms with Crippen molar-refractivity contribution in [2.75, 3.05) is 4.90 Å². The molecule has 11 aromatic rings. The van der Waals surface area contributed by atoms with E-state index in [1.54, 1.807) is 0 Å². The molecule has 0 saturated heterocycles. The van der Waals surface area contributed by atoms with Crippen molar-refractivity contribution < 1.29 is 0 Å². The fraction of sp³-hybridized carbons (Fsp3) is 0.0169. The zero-order valence-electron chi connectivity index (χ0n) is 33.4. The average molecular weight is 794 g/mol. The topological polar surface area (TPSA) is 3.24 Å². The molecule has 1 aliphatic rings. The third-order valence-corrected chi connectivity index (χ3v) is 13.9. The molecule has 0 N–H and O–H groups in total. The van der Waals surface area contributed by atoms with Crippen LogP contribution in [0.4, 0.5) is 17.1 Å². The van der Waals surface area contributed by atoms with Crippen LogP contribution in [0, 0.1) is 0 Å². The largest absolute Gasteiger partial charge is 0.310 e. The molecule has 1 aliphatic carbocycles. The maximum atomic E-state index is 2.45. The number of benzene rings is 10. The molecule has 12 rings (SSSR count). The minimum absolute atomic E-state index is 0.442. The first-order valence-electron chi connectivity index (χ1n) is 21.0. The van der Waals surface area contributed by atoms with Crippen LogP contribution in [-0.2, 0) is 5.41 Å². The van der Waals surface area contributed by atoms with Gasteiger partial charge in [-0.1, -0.05) is 182 Å². The third kappa shape index (κ3) is 5.75. The molecular weight excluding hydrogens is 755 g/mol. The molecule has 0 saturated carbocycles. The lowest BCUT2D eigenvalue weighted by Gasteiger charge is -2.34. The molecule has 10 aromatic carbocycles. The number of rotatable bonds is 7. The Hall–Kier alpha value is -7.52. The molecule has 0 atom stereocenters. The summed E-state index contributed by atoms with van der Waals surface area (Å²) in [7, 11) is 0. The van der Waals surface area contributed by atoms with Gasteiger partial charge < -0.3 is 4.90 Å². The predicted octanol–water partition coefficient (Wildman–Crippen LogP) is 16.4. The molecule has 0 spiro atoms. The molecule has 1 heterocycles. The lowest BCUT2D eigenvalue weighted by Crippen LogP contribution is -2.28. The normalized spacial score (nSPS) is 12.7. The van der Waals surface area contributed by atoms with Crippen molar-refractivity contribution in [2.24, 2.45) is 0 Å². The second-order valence-corrected chi connectivity index (χ2v) is 17.1. The van der Waals surface area contributed by atoms with Gasteiger partial charge in [-0.05, 0) is 121 Å². The van der Waals surface area contributed by atoms with E-state index >= 15 is 0 Å². The van der Waals surface area contributed by atoms with Crippen LogP contribution in [0.3, 0.4) is 0 Å². The van der Waals surface area contributed by atoms with Gasteiger partial charge in [0.15, 0.2) is 0 Å². The third-order valence-electron chi connectivity index (χ3n) is 12.7. The Morgan fingerprint density at radius 1 is 0.311 bits per heavy atom. The fourth-order valence-electron chi connectivity index (χ4n) is 9.92. The number of nitrogens with zero attached hydrogens (tertiary/aromatic N) is 1. The lowest BCUT2D eigenvalue weighted by atomic mass is 9.67.